The standard InChI is InChI=1S/C13H22ClN3O/c1-8(7-18-6)15-11-9(2)10(14)16-12(17-11)13(3,4)5/h8H,7H2,1-6H3,(H,15,16,17). The SMILES string of the molecule is COCC(C)Nc1nc(C(C)(C)C)nc(Cl)c1C. The highest BCUT2D eigenvalue weighted by atomic mass is 35.5. The zero-order chi connectivity index (χ0) is 13.9. The van der Waals surface area contributed by atoms with E-state index in [4.69, 9.17) is 16.3 Å². The van der Waals surface area contributed by atoms with Crippen LogP contribution in [0.15, 0.2) is 0 Å². The van der Waals surface area contributed by atoms with Crippen LogP contribution in [0.1, 0.15) is 39.1 Å². The molecule has 4 nitrogen and oxygen atoms in total. The molecule has 0 fully saturated rings. The average molecular weight is 272 g/mol. The van der Waals surface area contributed by atoms with Crippen molar-refractivity contribution in [2.45, 2.75) is 46.1 Å². The van der Waals surface area contributed by atoms with Crippen molar-refractivity contribution in [1.82, 2.24) is 9.97 Å². The number of methoxy groups -OCH3 is 1. The van der Waals surface area contributed by atoms with Crippen LogP contribution in [0.4, 0.5) is 5.82 Å². The highest BCUT2D eigenvalue weighted by molar-refractivity contribution is 6.30. The van der Waals surface area contributed by atoms with E-state index >= 15 is 0 Å². The maximum Gasteiger partial charge on any atom is 0.137 e. The van der Waals surface area contributed by atoms with Crippen molar-refractivity contribution in [3.8, 4) is 0 Å². The third-order valence-electron chi connectivity index (χ3n) is 2.56. The second-order valence-electron chi connectivity index (χ2n) is 5.56. The van der Waals surface area contributed by atoms with Gasteiger partial charge in [-0.3, -0.25) is 0 Å². The summed E-state index contributed by atoms with van der Waals surface area (Å²) >= 11 is 6.16. The quantitative estimate of drug-likeness (QED) is 0.855. The van der Waals surface area contributed by atoms with Crippen LogP contribution in [0.2, 0.25) is 5.15 Å². The molecule has 18 heavy (non-hydrogen) atoms. The molecule has 0 aliphatic heterocycles. The molecule has 1 unspecified atom stereocenters. The van der Waals surface area contributed by atoms with Crippen LogP contribution in [-0.4, -0.2) is 29.7 Å². The maximum atomic E-state index is 6.16. The smallest absolute Gasteiger partial charge is 0.137 e. The van der Waals surface area contributed by atoms with E-state index in [1.165, 1.54) is 0 Å². The van der Waals surface area contributed by atoms with E-state index in [0.717, 1.165) is 17.2 Å². The molecule has 1 N–H and O–H groups in total. The molecule has 1 aromatic rings. The van der Waals surface area contributed by atoms with Crippen LogP contribution in [-0.2, 0) is 10.2 Å². The number of hydrogen-bond donors (Lipinski definition) is 1. The summed E-state index contributed by atoms with van der Waals surface area (Å²) in [6, 6.07) is 0.174. The average Bonchev–Trinajstić information content (AvgIpc) is 2.23. The van der Waals surface area contributed by atoms with Gasteiger partial charge in [0, 0.05) is 24.1 Å². The van der Waals surface area contributed by atoms with Crippen LogP contribution >= 0.6 is 11.6 Å². The molecule has 0 radical (unpaired) electrons. The highest BCUT2D eigenvalue weighted by Crippen LogP contribution is 2.26. The lowest BCUT2D eigenvalue weighted by Gasteiger charge is -2.21. The molecule has 0 bridgehead atoms. The van der Waals surface area contributed by atoms with Gasteiger partial charge in [-0.25, -0.2) is 9.97 Å². The van der Waals surface area contributed by atoms with Crippen molar-refractivity contribution < 1.29 is 4.74 Å². The summed E-state index contributed by atoms with van der Waals surface area (Å²) in [5.41, 5.74) is 0.741. The minimum Gasteiger partial charge on any atom is -0.383 e. The van der Waals surface area contributed by atoms with E-state index in [-0.39, 0.29) is 11.5 Å². The first-order chi connectivity index (χ1) is 8.25. The summed E-state index contributed by atoms with van der Waals surface area (Å²) in [5.74, 6) is 1.52. The van der Waals surface area contributed by atoms with E-state index in [0.29, 0.717) is 11.8 Å². The molecule has 5 heteroatoms. The Balaban J connectivity index is 3.07. The second kappa shape index (κ2) is 5.85. The van der Waals surface area contributed by atoms with Crippen molar-refractivity contribution in [3.63, 3.8) is 0 Å². The van der Waals surface area contributed by atoms with Crippen LogP contribution in [0.25, 0.3) is 0 Å². The molecule has 0 aliphatic carbocycles. The van der Waals surface area contributed by atoms with Gasteiger partial charge in [0.25, 0.3) is 0 Å². The largest absolute Gasteiger partial charge is 0.383 e. The molecular formula is C13H22ClN3O. The highest BCUT2D eigenvalue weighted by Gasteiger charge is 2.21. The van der Waals surface area contributed by atoms with Gasteiger partial charge < -0.3 is 10.1 Å². The van der Waals surface area contributed by atoms with E-state index in [1.807, 2.05) is 13.8 Å². The second-order valence-corrected chi connectivity index (χ2v) is 5.92. The Morgan fingerprint density at radius 2 is 1.94 bits per heavy atom. The lowest BCUT2D eigenvalue weighted by molar-refractivity contribution is 0.190. The molecule has 0 amide bonds. The Kier molecular flexibility index (Phi) is 4.93. The Morgan fingerprint density at radius 1 is 1.33 bits per heavy atom. The van der Waals surface area contributed by atoms with E-state index in [2.05, 4.69) is 36.1 Å². The first-order valence-corrected chi connectivity index (χ1v) is 6.43. The Bertz CT molecular complexity index is 415. The molecule has 1 aromatic heterocycles. The number of hydrogen-bond acceptors (Lipinski definition) is 4. The first-order valence-electron chi connectivity index (χ1n) is 6.05. The summed E-state index contributed by atoms with van der Waals surface area (Å²) in [6.07, 6.45) is 0. The maximum absolute atomic E-state index is 6.16. The van der Waals surface area contributed by atoms with Gasteiger partial charge >= 0.3 is 0 Å². The van der Waals surface area contributed by atoms with Crippen LogP contribution in [0.3, 0.4) is 0 Å². The normalized spacial score (nSPS) is 13.5. The van der Waals surface area contributed by atoms with Crippen LogP contribution < -0.4 is 5.32 Å². The molecule has 0 aromatic carbocycles. The van der Waals surface area contributed by atoms with Gasteiger partial charge in [-0.15, -0.1) is 0 Å². The minimum atomic E-state index is -0.127. The number of anilines is 1. The minimum absolute atomic E-state index is 0.127. The number of nitrogens with zero attached hydrogens (tertiary/aromatic N) is 2. The molecule has 0 saturated heterocycles. The molecule has 0 saturated carbocycles. The molecule has 1 heterocycles. The summed E-state index contributed by atoms with van der Waals surface area (Å²) in [4.78, 5) is 8.91. The number of rotatable bonds is 4. The third-order valence-corrected chi connectivity index (χ3v) is 2.93. The third kappa shape index (κ3) is 3.82. The van der Waals surface area contributed by atoms with Gasteiger partial charge in [-0.05, 0) is 13.8 Å². The fraction of sp³-hybridized carbons (Fsp3) is 0.692. The Labute approximate surface area is 114 Å². The van der Waals surface area contributed by atoms with Gasteiger partial charge in [0.15, 0.2) is 0 Å². The lowest BCUT2D eigenvalue weighted by atomic mass is 9.95. The number of ether oxygens (including phenoxy) is 1. The summed E-state index contributed by atoms with van der Waals surface area (Å²) in [5, 5.41) is 3.81. The molecule has 102 valence electrons. The van der Waals surface area contributed by atoms with Gasteiger partial charge in [-0.2, -0.15) is 0 Å². The Hall–Kier alpha value is -0.870. The summed E-state index contributed by atoms with van der Waals surface area (Å²) in [6.45, 7) is 10.8. The van der Waals surface area contributed by atoms with Gasteiger partial charge in [0.2, 0.25) is 0 Å². The zero-order valence-electron chi connectivity index (χ0n) is 12.0. The predicted molar refractivity (Wildman–Crippen MR) is 75.4 cm³/mol. The van der Waals surface area contributed by atoms with E-state index < -0.39 is 0 Å². The topological polar surface area (TPSA) is 47.0 Å². The first kappa shape index (κ1) is 15.2. The Morgan fingerprint density at radius 3 is 2.44 bits per heavy atom. The number of nitrogens with one attached hydrogen (secondary N) is 1. The number of aromatic nitrogens is 2. The summed E-state index contributed by atoms with van der Waals surface area (Å²) < 4.78 is 5.10. The van der Waals surface area contributed by atoms with E-state index in [1.54, 1.807) is 7.11 Å². The molecule has 0 spiro atoms. The predicted octanol–water partition coefficient (Wildman–Crippen LogP) is 3.18. The van der Waals surface area contributed by atoms with Crippen molar-refractivity contribution in [2.75, 3.05) is 19.0 Å². The number of halogens is 1. The summed E-state index contributed by atoms with van der Waals surface area (Å²) in [7, 11) is 1.68. The van der Waals surface area contributed by atoms with Crippen molar-refractivity contribution in [3.05, 3.63) is 16.5 Å². The van der Waals surface area contributed by atoms with Gasteiger partial charge in [0.05, 0.1) is 6.61 Å². The fourth-order valence-corrected chi connectivity index (χ4v) is 1.66. The molecule has 1 rings (SSSR count). The van der Waals surface area contributed by atoms with Gasteiger partial charge in [0.1, 0.15) is 16.8 Å². The van der Waals surface area contributed by atoms with Crippen LogP contribution in [0.5, 0.6) is 0 Å². The lowest BCUT2D eigenvalue weighted by Crippen LogP contribution is -2.24. The fourth-order valence-electron chi connectivity index (χ4n) is 1.49. The van der Waals surface area contributed by atoms with Crippen molar-refractivity contribution in [1.29, 1.82) is 0 Å². The zero-order valence-corrected chi connectivity index (χ0v) is 12.7. The van der Waals surface area contributed by atoms with Gasteiger partial charge in [-0.1, -0.05) is 32.4 Å². The molecule has 1 atom stereocenters. The van der Waals surface area contributed by atoms with Crippen molar-refractivity contribution in [2.24, 2.45) is 0 Å². The van der Waals surface area contributed by atoms with Crippen molar-refractivity contribution >= 4 is 17.4 Å². The monoisotopic (exact) mass is 271 g/mol. The van der Waals surface area contributed by atoms with Crippen LogP contribution in [0, 0.1) is 6.92 Å². The molecular weight excluding hydrogens is 250 g/mol. The van der Waals surface area contributed by atoms with E-state index in [9.17, 15) is 0 Å². The molecule has 0 aliphatic rings.